The maximum atomic E-state index is 4.48. The number of aromatic nitrogens is 2. The van der Waals surface area contributed by atoms with Crippen LogP contribution in [-0.2, 0) is 19.9 Å². The van der Waals surface area contributed by atoms with Crippen LogP contribution >= 0.6 is 0 Å². The molecule has 0 aromatic carbocycles. The third-order valence-electron chi connectivity index (χ3n) is 3.66. The summed E-state index contributed by atoms with van der Waals surface area (Å²) in [5.41, 5.74) is 4.12. The van der Waals surface area contributed by atoms with Gasteiger partial charge in [0.2, 0.25) is 0 Å². The lowest BCUT2D eigenvalue weighted by atomic mass is 10.1. The first kappa shape index (κ1) is 9.85. The molecule has 16 heavy (non-hydrogen) atoms. The summed E-state index contributed by atoms with van der Waals surface area (Å²) in [7, 11) is 4.34. The van der Waals surface area contributed by atoms with Crippen molar-refractivity contribution in [2.45, 2.75) is 12.8 Å². The molecule has 84 valence electrons. The molecule has 3 rings (SSSR count). The highest BCUT2D eigenvalue weighted by molar-refractivity contribution is 5.82. The summed E-state index contributed by atoms with van der Waals surface area (Å²) in [6.07, 6.45) is 4.17. The predicted molar refractivity (Wildman–Crippen MR) is 65.6 cm³/mol. The van der Waals surface area contributed by atoms with Crippen LogP contribution in [-0.4, -0.2) is 34.6 Å². The molecule has 2 aromatic rings. The Morgan fingerprint density at radius 3 is 2.88 bits per heavy atom. The molecule has 0 saturated carbocycles. The first-order valence-electron chi connectivity index (χ1n) is 5.87. The molecule has 0 bridgehead atoms. The molecule has 1 aliphatic heterocycles. The number of likely N-dealkylation sites (N-methyl/N-ethyl adjacent to an activating group) is 1. The predicted octanol–water partition coefficient (Wildman–Crippen LogP) is 1.60. The Labute approximate surface area is 95.7 Å². The minimum Gasteiger partial charge on any atom is -0.332 e. The van der Waals surface area contributed by atoms with Crippen LogP contribution in [0.5, 0.6) is 0 Å². The van der Waals surface area contributed by atoms with Crippen LogP contribution in [0.15, 0.2) is 18.3 Å². The van der Waals surface area contributed by atoms with Crippen LogP contribution < -0.4 is 0 Å². The molecular weight excluding hydrogens is 198 g/mol. The standard InChI is InChI=1S/C13H17N3/c1-15-8-5-10-11-4-3-7-14-13(11)16(2)12(10)6-9-15/h3-4,7H,5-6,8-9H2,1-2H3. The number of aryl methyl sites for hydroxylation is 1. The Morgan fingerprint density at radius 1 is 1.19 bits per heavy atom. The van der Waals surface area contributed by atoms with Gasteiger partial charge in [0.25, 0.3) is 0 Å². The minimum atomic E-state index is 1.14. The first-order valence-corrected chi connectivity index (χ1v) is 5.87. The Morgan fingerprint density at radius 2 is 2.00 bits per heavy atom. The van der Waals surface area contributed by atoms with Gasteiger partial charge in [0.05, 0.1) is 0 Å². The van der Waals surface area contributed by atoms with Crippen LogP contribution in [0.4, 0.5) is 0 Å². The van der Waals surface area contributed by atoms with Crippen molar-refractivity contribution in [1.82, 2.24) is 14.5 Å². The maximum absolute atomic E-state index is 4.48. The van der Waals surface area contributed by atoms with E-state index in [1.807, 2.05) is 12.3 Å². The van der Waals surface area contributed by atoms with Crippen molar-refractivity contribution >= 4 is 11.0 Å². The number of pyridine rings is 1. The minimum absolute atomic E-state index is 1.14. The lowest BCUT2D eigenvalue weighted by Gasteiger charge is -2.12. The summed E-state index contributed by atoms with van der Waals surface area (Å²) in [6, 6.07) is 4.24. The Bertz CT molecular complexity index is 527. The number of hydrogen-bond acceptors (Lipinski definition) is 2. The molecular formula is C13H17N3. The zero-order chi connectivity index (χ0) is 11.1. The number of nitrogens with zero attached hydrogens (tertiary/aromatic N) is 3. The highest BCUT2D eigenvalue weighted by Crippen LogP contribution is 2.26. The lowest BCUT2D eigenvalue weighted by Crippen LogP contribution is -2.21. The molecule has 0 N–H and O–H groups in total. The van der Waals surface area contributed by atoms with Crippen LogP contribution in [0.1, 0.15) is 11.3 Å². The zero-order valence-corrected chi connectivity index (χ0v) is 9.90. The van der Waals surface area contributed by atoms with Gasteiger partial charge < -0.3 is 9.47 Å². The Balaban J connectivity index is 2.23. The molecule has 0 unspecified atom stereocenters. The Hall–Kier alpha value is -1.35. The monoisotopic (exact) mass is 215 g/mol. The number of hydrogen-bond donors (Lipinski definition) is 0. The SMILES string of the molecule is CN1CCc2c(n(C)c3ncccc23)CC1. The summed E-state index contributed by atoms with van der Waals surface area (Å²) < 4.78 is 2.27. The van der Waals surface area contributed by atoms with E-state index in [9.17, 15) is 0 Å². The lowest BCUT2D eigenvalue weighted by molar-refractivity contribution is 0.351. The van der Waals surface area contributed by atoms with E-state index in [1.54, 1.807) is 0 Å². The highest BCUT2D eigenvalue weighted by atomic mass is 15.1. The molecule has 0 radical (unpaired) electrons. The molecule has 3 heterocycles. The summed E-state index contributed by atoms with van der Waals surface area (Å²) in [6.45, 7) is 2.30. The summed E-state index contributed by atoms with van der Waals surface area (Å²) in [4.78, 5) is 6.89. The van der Waals surface area contributed by atoms with Crippen LogP contribution in [0.2, 0.25) is 0 Å². The average Bonchev–Trinajstić information content (AvgIpc) is 2.46. The van der Waals surface area contributed by atoms with Gasteiger partial charge in [-0.15, -0.1) is 0 Å². The highest BCUT2D eigenvalue weighted by Gasteiger charge is 2.18. The van der Waals surface area contributed by atoms with Gasteiger partial charge in [0.15, 0.2) is 0 Å². The normalized spacial score (nSPS) is 17.4. The van der Waals surface area contributed by atoms with Gasteiger partial charge in [-0.2, -0.15) is 0 Å². The second-order valence-corrected chi connectivity index (χ2v) is 4.66. The molecule has 0 amide bonds. The topological polar surface area (TPSA) is 21.1 Å². The van der Waals surface area contributed by atoms with Crippen LogP contribution in [0, 0.1) is 0 Å². The molecule has 2 aromatic heterocycles. The smallest absolute Gasteiger partial charge is 0.140 e. The quantitative estimate of drug-likeness (QED) is 0.665. The second kappa shape index (κ2) is 3.59. The van der Waals surface area contributed by atoms with Crippen LogP contribution in [0.25, 0.3) is 11.0 Å². The number of rotatable bonds is 0. The first-order chi connectivity index (χ1) is 7.77. The van der Waals surface area contributed by atoms with Gasteiger partial charge in [-0.25, -0.2) is 4.98 Å². The van der Waals surface area contributed by atoms with E-state index in [4.69, 9.17) is 0 Å². The molecule has 0 saturated heterocycles. The Kier molecular flexibility index (Phi) is 2.21. The van der Waals surface area contributed by atoms with E-state index < -0.39 is 0 Å². The van der Waals surface area contributed by atoms with Gasteiger partial charge >= 0.3 is 0 Å². The van der Waals surface area contributed by atoms with Crippen molar-refractivity contribution in [3.63, 3.8) is 0 Å². The molecule has 3 heteroatoms. The van der Waals surface area contributed by atoms with Crippen molar-refractivity contribution in [1.29, 1.82) is 0 Å². The van der Waals surface area contributed by atoms with Crippen molar-refractivity contribution in [3.8, 4) is 0 Å². The van der Waals surface area contributed by atoms with Gasteiger partial charge in [-0.1, -0.05) is 0 Å². The van der Waals surface area contributed by atoms with Gasteiger partial charge in [-0.05, 0) is 31.2 Å². The summed E-state index contributed by atoms with van der Waals surface area (Å²) >= 11 is 0. The van der Waals surface area contributed by atoms with E-state index in [2.05, 4.69) is 34.6 Å². The fourth-order valence-electron chi connectivity index (χ4n) is 2.69. The zero-order valence-electron chi connectivity index (χ0n) is 9.90. The largest absolute Gasteiger partial charge is 0.332 e. The van der Waals surface area contributed by atoms with E-state index >= 15 is 0 Å². The molecule has 0 spiro atoms. The maximum Gasteiger partial charge on any atom is 0.140 e. The van der Waals surface area contributed by atoms with E-state index in [1.165, 1.54) is 16.6 Å². The third-order valence-corrected chi connectivity index (χ3v) is 3.66. The molecule has 3 nitrogen and oxygen atoms in total. The van der Waals surface area contributed by atoms with Gasteiger partial charge in [-0.3, -0.25) is 0 Å². The summed E-state index contributed by atoms with van der Waals surface area (Å²) in [5, 5.41) is 1.34. The fourth-order valence-corrected chi connectivity index (χ4v) is 2.69. The second-order valence-electron chi connectivity index (χ2n) is 4.66. The van der Waals surface area contributed by atoms with Crippen molar-refractivity contribution < 1.29 is 0 Å². The molecule has 1 aliphatic rings. The van der Waals surface area contributed by atoms with Crippen LogP contribution in [0.3, 0.4) is 0 Å². The van der Waals surface area contributed by atoms with Gasteiger partial charge in [0.1, 0.15) is 5.65 Å². The van der Waals surface area contributed by atoms with E-state index in [0.717, 1.165) is 31.6 Å². The van der Waals surface area contributed by atoms with Crippen molar-refractivity contribution in [2.75, 3.05) is 20.1 Å². The summed E-state index contributed by atoms with van der Waals surface area (Å²) in [5.74, 6) is 0. The number of fused-ring (bicyclic) bond motifs is 3. The van der Waals surface area contributed by atoms with E-state index in [0.29, 0.717) is 0 Å². The van der Waals surface area contributed by atoms with E-state index in [-0.39, 0.29) is 0 Å². The van der Waals surface area contributed by atoms with Crippen molar-refractivity contribution in [3.05, 3.63) is 29.6 Å². The molecule has 0 aliphatic carbocycles. The third kappa shape index (κ3) is 1.35. The fraction of sp³-hybridized carbons (Fsp3) is 0.462. The van der Waals surface area contributed by atoms with Crippen molar-refractivity contribution in [2.24, 2.45) is 7.05 Å². The van der Waals surface area contributed by atoms with Gasteiger partial charge in [0, 0.05) is 43.8 Å². The molecule has 0 fully saturated rings. The average molecular weight is 215 g/mol. The molecule has 0 atom stereocenters.